The molecule has 0 aromatic carbocycles. The van der Waals surface area contributed by atoms with Gasteiger partial charge in [-0.3, -0.25) is 14.6 Å². The Kier molecular flexibility index (Phi) is 4.90. The van der Waals surface area contributed by atoms with E-state index in [0.717, 1.165) is 29.0 Å². The molecule has 0 aliphatic carbocycles. The number of nitrogens with zero attached hydrogens (tertiary/aromatic N) is 3. The van der Waals surface area contributed by atoms with Crippen molar-refractivity contribution < 1.29 is 4.79 Å². The topological polar surface area (TPSA) is 55.2 Å². The standard InChI is InChI=1S/C15H19N3O2S/c1-4-18(10-7-12-5-8-16-9-6-12)14(19)13-11(2)17(3)15(20)21-13/h5-6,8-9H,4,7,10H2,1-3H3. The highest BCUT2D eigenvalue weighted by Crippen LogP contribution is 2.14. The average Bonchev–Trinajstić information content (AvgIpc) is 2.76. The second-order valence-corrected chi connectivity index (χ2v) is 5.79. The van der Waals surface area contributed by atoms with Crippen molar-refractivity contribution in [2.45, 2.75) is 20.3 Å². The SMILES string of the molecule is CCN(CCc1ccncc1)C(=O)c1sc(=O)n(C)c1C. The van der Waals surface area contributed by atoms with Gasteiger partial charge < -0.3 is 9.47 Å². The van der Waals surface area contributed by atoms with E-state index in [1.54, 1.807) is 24.3 Å². The first-order valence-corrected chi connectivity index (χ1v) is 7.70. The highest BCUT2D eigenvalue weighted by atomic mass is 32.1. The molecule has 2 aromatic heterocycles. The first-order valence-electron chi connectivity index (χ1n) is 6.89. The van der Waals surface area contributed by atoms with Gasteiger partial charge in [0.15, 0.2) is 0 Å². The lowest BCUT2D eigenvalue weighted by atomic mass is 10.2. The Morgan fingerprint density at radius 3 is 2.57 bits per heavy atom. The summed E-state index contributed by atoms with van der Waals surface area (Å²) in [4.78, 5) is 30.4. The first kappa shape index (κ1) is 15.4. The van der Waals surface area contributed by atoms with Gasteiger partial charge in [-0.1, -0.05) is 11.3 Å². The van der Waals surface area contributed by atoms with Crippen molar-refractivity contribution in [2.75, 3.05) is 13.1 Å². The Labute approximate surface area is 127 Å². The number of pyridine rings is 1. The maximum absolute atomic E-state index is 12.6. The molecule has 1 amide bonds. The summed E-state index contributed by atoms with van der Waals surface area (Å²) in [6.07, 6.45) is 4.28. The lowest BCUT2D eigenvalue weighted by molar-refractivity contribution is 0.0769. The Morgan fingerprint density at radius 1 is 1.38 bits per heavy atom. The fourth-order valence-electron chi connectivity index (χ4n) is 2.08. The fraction of sp³-hybridized carbons (Fsp3) is 0.400. The summed E-state index contributed by atoms with van der Waals surface area (Å²) in [5.74, 6) is -0.0632. The lowest BCUT2D eigenvalue weighted by Gasteiger charge is -2.20. The van der Waals surface area contributed by atoms with Crippen LogP contribution in [0.15, 0.2) is 29.3 Å². The number of hydrogen-bond acceptors (Lipinski definition) is 4. The molecule has 0 aliphatic rings. The molecule has 0 saturated carbocycles. The summed E-state index contributed by atoms with van der Waals surface area (Å²) in [5.41, 5.74) is 1.88. The molecule has 0 atom stereocenters. The Bertz CT molecular complexity index is 676. The number of likely N-dealkylation sites (N-methyl/N-ethyl adjacent to an activating group) is 1. The highest BCUT2D eigenvalue weighted by molar-refractivity contribution is 7.11. The number of aromatic nitrogens is 2. The minimum Gasteiger partial charge on any atom is -0.338 e. The Morgan fingerprint density at radius 2 is 2.05 bits per heavy atom. The zero-order valence-corrected chi connectivity index (χ0v) is 13.3. The highest BCUT2D eigenvalue weighted by Gasteiger charge is 2.20. The van der Waals surface area contributed by atoms with Gasteiger partial charge in [0.2, 0.25) is 0 Å². The van der Waals surface area contributed by atoms with Crippen LogP contribution in [0.3, 0.4) is 0 Å². The smallest absolute Gasteiger partial charge is 0.307 e. The van der Waals surface area contributed by atoms with Crippen molar-refractivity contribution in [3.05, 3.63) is 50.3 Å². The summed E-state index contributed by atoms with van der Waals surface area (Å²) in [7, 11) is 1.69. The summed E-state index contributed by atoms with van der Waals surface area (Å²) in [5, 5.41) is 0. The third kappa shape index (κ3) is 3.39. The van der Waals surface area contributed by atoms with E-state index < -0.39 is 0 Å². The van der Waals surface area contributed by atoms with E-state index in [4.69, 9.17) is 0 Å². The summed E-state index contributed by atoms with van der Waals surface area (Å²) < 4.78 is 1.52. The van der Waals surface area contributed by atoms with Crippen LogP contribution in [0.4, 0.5) is 0 Å². The molecular formula is C15H19N3O2S. The van der Waals surface area contributed by atoms with Gasteiger partial charge in [-0.25, -0.2) is 0 Å². The van der Waals surface area contributed by atoms with Crippen LogP contribution in [0.5, 0.6) is 0 Å². The normalized spacial score (nSPS) is 10.6. The molecule has 0 fully saturated rings. The van der Waals surface area contributed by atoms with E-state index in [9.17, 15) is 9.59 Å². The number of rotatable bonds is 5. The molecule has 0 spiro atoms. The molecule has 2 aromatic rings. The lowest BCUT2D eigenvalue weighted by Crippen LogP contribution is -2.32. The van der Waals surface area contributed by atoms with Crippen LogP contribution in [0.1, 0.15) is 27.9 Å². The van der Waals surface area contributed by atoms with Crippen molar-refractivity contribution in [3.63, 3.8) is 0 Å². The van der Waals surface area contributed by atoms with E-state index in [0.29, 0.717) is 18.0 Å². The van der Waals surface area contributed by atoms with Crippen LogP contribution in [-0.4, -0.2) is 33.4 Å². The predicted molar refractivity (Wildman–Crippen MR) is 83.8 cm³/mol. The zero-order chi connectivity index (χ0) is 15.4. The van der Waals surface area contributed by atoms with Gasteiger partial charge >= 0.3 is 4.87 Å². The van der Waals surface area contributed by atoms with Crippen molar-refractivity contribution in [1.82, 2.24) is 14.5 Å². The second-order valence-electron chi connectivity index (χ2n) is 4.83. The third-order valence-electron chi connectivity index (χ3n) is 3.58. The summed E-state index contributed by atoms with van der Waals surface area (Å²) in [6, 6.07) is 3.90. The van der Waals surface area contributed by atoms with Crippen LogP contribution in [-0.2, 0) is 13.5 Å². The molecular weight excluding hydrogens is 286 g/mol. The quantitative estimate of drug-likeness (QED) is 0.847. The van der Waals surface area contributed by atoms with Gasteiger partial charge in [0.25, 0.3) is 5.91 Å². The van der Waals surface area contributed by atoms with Crippen LogP contribution in [0, 0.1) is 6.92 Å². The number of carbonyl (C=O) groups is 1. The van der Waals surface area contributed by atoms with Crippen LogP contribution < -0.4 is 4.87 Å². The van der Waals surface area contributed by atoms with E-state index in [-0.39, 0.29) is 10.8 Å². The van der Waals surface area contributed by atoms with Crippen LogP contribution in [0.2, 0.25) is 0 Å². The summed E-state index contributed by atoms with van der Waals surface area (Å²) in [6.45, 7) is 5.01. The third-order valence-corrected chi connectivity index (χ3v) is 4.70. The molecule has 0 bridgehead atoms. The van der Waals surface area contributed by atoms with E-state index in [2.05, 4.69) is 4.98 Å². The maximum atomic E-state index is 12.6. The minimum atomic E-state index is -0.0963. The summed E-state index contributed by atoms with van der Waals surface area (Å²) >= 11 is 1.02. The number of amides is 1. The van der Waals surface area contributed by atoms with E-state index in [1.165, 1.54) is 4.57 Å². The van der Waals surface area contributed by atoms with Crippen molar-refractivity contribution in [2.24, 2.45) is 7.05 Å². The van der Waals surface area contributed by atoms with Crippen LogP contribution >= 0.6 is 11.3 Å². The molecule has 0 aliphatic heterocycles. The van der Waals surface area contributed by atoms with Crippen molar-refractivity contribution in [3.8, 4) is 0 Å². The van der Waals surface area contributed by atoms with Gasteiger partial charge in [0, 0.05) is 38.2 Å². The molecule has 2 heterocycles. The monoisotopic (exact) mass is 305 g/mol. The Hall–Kier alpha value is -1.95. The minimum absolute atomic E-state index is 0.0632. The molecule has 0 N–H and O–H groups in total. The first-order chi connectivity index (χ1) is 10.0. The van der Waals surface area contributed by atoms with Crippen molar-refractivity contribution in [1.29, 1.82) is 0 Å². The van der Waals surface area contributed by atoms with Crippen molar-refractivity contribution >= 4 is 17.2 Å². The molecule has 0 radical (unpaired) electrons. The fourth-order valence-corrected chi connectivity index (χ4v) is 3.03. The molecule has 112 valence electrons. The number of carbonyl (C=O) groups excluding carboxylic acids is 1. The van der Waals surface area contributed by atoms with Crippen LogP contribution in [0.25, 0.3) is 0 Å². The van der Waals surface area contributed by atoms with Gasteiger partial charge in [0.1, 0.15) is 4.88 Å². The molecule has 0 saturated heterocycles. The number of hydrogen-bond donors (Lipinski definition) is 0. The van der Waals surface area contributed by atoms with Gasteiger partial charge in [-0.2, -0.15) is 0 Å². The van der Waals surface area contributed by atoms with E-state index >= 15 is 0 Å². The average molecular weight is 305 g/mol. The largest absolute Gasteiger partial charge is 0.338 e. The second kappa shape index (κ2) is 6.67. The van der Waals surface area contributed by atoms with E-state index in [1.807, 2.05) is 26.0 Å². The molecule has 6 heteroatoms. The van der Waals surface area contributed by atoms with Gasteiger partial charge in [-0.15, -0.1) is 0 Å². The predicted octanol–water partition coefficient (Wildman–Crippen LogP) is 1.86. The molecule has 0 unspecified atom stereocenters. The Balaban J connectivity index is 2.11. The molecule has 21 heavy (non-hydrogen) atoms. The zero-order valence-electron chi connectivity index (χ0n) is 12.5. The molecule has 5 nitrogen and oxygen atoms in total. The maximum Gasteiger partial charge on any atom is 0.307 e. The van der Waals surface area contributed by atoms with Gasteiger partial charge in [0.05, 0.1) is 0 Å². The number of thiazole rings is 1. The molecule has 2 rings (SSSR count). The van der Waals surface area contributed by atoms with Gasteiger partial charge in [-0.05, 0) is 38.0 Å².